The van der Waals surface area contributed by atoms with Crippen LogP contribution in [0.4, 0.5) is 0 Å². The predicted octanol–water partition coefficient (Wildman–Crippen LogP) is 3.09. The Kier molecular flexibility index (Phi) is 5.03. The molecule has 0 aliphatic carbocycles. The van der Waals surface area contributed by atoms with Crippen LogP contribution in [0.1, 0.15) is 5.56 Å². The Morgan fingerprint density at radius 2 is 2.14 bits per heavy atom. The lowest BCUT2D eigenvalue weighted by molar-refractivity contribution is -0.121. The summed E-state index contributed by atoms with van der Waals surface area (Å²) in [4.78, 5) is 14.4. The minimum absolute atomic E-state index is 0.116. The Morgan fingerprint density at radius 3 is 2.76 bits per heavy atom. The smallest absolute Gasteiger partial charge is 0.266 e. The first-order valence-electron chi connectivity index (χ1n) is 6.19. The summed E-state index contributed by atoms with van der Waals surface area (Å²) in [5, 5.41) is 0. The Bertz CT molecular complexity index is 625. The second-order valence-electron chi connectivity index (χ2n) is 4.19. The van der Waals surface area contributed by atoms with Gasteiger partial charge in [-0.25, -0.2) is 0 Å². The van der Waals surface area contributed by atoms with Crippen molar-refractivity contribution in [3.05, 3.63) is 41.3 Å². The van der Waals surface area contributed by atoms with Crippen LogP contribution >= 0.6 is 24.0 Å². The Balaban J connectivity index is 2.38. The molecule has 0 saturated carbocycles. The van der Waals surface area contributed by atoms with Crippen molar-refractivity contribution in [2.24, 2.45) is 0 Å². The lowest BCUT2D eigenvalue weighted by Crippen LogP contribution is -2.27. The molecule has 1 aliphatic rings. The minimum Gasteiger partial charge on any atom is -0.497 e. The largest absolute Gasteiger partial charge is 0.497 e. The van der Waals surface area contributed by atoms with Crippen LogP contribution in [0.25, 0.3) is 6.08 Å². The summed E-state index contributed by atoms with van der Waals surface area (Å²) in [6, 6.07) is 5.42. The number of thiocarbonyl (C=S) groups is 1. The van der Waals surface area contributed by atoms with Crippen molar-refractivity contribution in [3.63, 3.8) is 0 Å². The van der Waals surface area contributed by atoms with Crippen LogP contribution in [-0.2, 0) is 4.79 Å². The zero-order valence-electron chi connectivity index (χ0n) is 11.8. The second-order valence-corrected chi connectivity index (χ2v) is 5.86. The summed E-state index contributed by atoms with van der Waals surface area (Å²) in [6.07, 6.45) is 3.42. The molecule has 1 aromatic rings. The lowest BCUT2D eigenvalue weighted by Gasteiger charge is -2.10. The zero-order chi connectivity index (χ0) is 15.4. The molecule has 1 fully saturated rings. The zero-order valence-corrected chi connectivity index (χ0v) is 13.4. The van der Waals surface area contributed by atoms with E-state index in [4.69, 9.17) is 21.7 Å². The summed E-state index contributed by atoms with van der Waals surface area (Å²) < 4.78 is 11.0. The van der Waals surface area contributed by atoms with Gasteiger partial charge < -0.3 is 9.47 Å². The number of carbonyl (C=O) groups excluding carboxylic acids is 1. The first kappa shape index (κ1) is 15.6. The molecule has 0 aromatic heterocycles. The molecule has 1 heterocycles. The fourth-order valence-corrected chi connectivity index (χ4v) is 3.15. The maximum atomic E-state index is 12.3. The van der Waals surface area contributed by atoms with E-state index in [9.17, 15) is 4.79 Å². The van der Waals surface area contributed by atoms with Crippen LogP contribution in [0.5, 0.6) is 11.5 Å². The second kappa shape index (κ2) is 6.78. The van der Waals surface area contributed by atoms with Gasteiger partial charge in [0.05, 0.1) is 19.1 Å². The molecule has 6 heteroatoms. The van der Waals surface area contributed by atoms with Gasteiger partial charge in [0.25, 0.3) is 5.91 Å². The van der Waals surface area contributed by atoms with Gasteiger partial charge in [-0.1, -0.05) is 30.1 Å². The average Bonchev–Trinajstić information content (AvgIpc) is 2.75. The van der Waals surface area contributed by atoms with E-state index < -0.39 is 0 Å². The van der Waals surface area contributed by atoms with E-state index in [1.807, 2.05) is 6.07 Å². The van der Waals surface area contributed by atoms with Crippen molar-refractivity contribution in [2.75, 3.05) is 20.8 Å². The molecule has 1 saturated heterocycles. The maximum Gasteiger partial charge on any atom is 0.266 e. The SMILES string of the molecule is C=CCN1C(=O)/C(=C/c2cc(OC)ccc2OC)SC1=S. The van der Waals surface area contributed by atoms with E-state index in [1.54, 1.807) is 38.5 Å². The van der Waals surface area contributed by atoms with Gasteiger partial charge in [-0.05, 0) is 24.3 Å². The van der Waals surface area contributed by atoms with Crippen LogP contribution in [0.15, 0.2) is 35.8 Å². The first-order chi connectivity index (χ1) is 10.1. The van der Waals surface area contributed by atoms with E-state index in [-0.39, 0.29) is 5.91 Å². The van der Waals surface area contributed by atoms with E-state index in [0.717, 1.165) is 5.56 Å². The Hall–Kier alpha value is -1.79. The highest BCUT2D eigenvalue weighted by molar-refractivity contribution is 8.26. The molecular formula is C15H15NO3S2. The van der Waals surface area contributed by atoms with Crippen LogP contribution in [-0.4, -0.2) is 35.9 Å². The molecule has 0 unspecified atom stereocenters. The van der Waals surface area contributed by atoms with Crippen molar-refractivity contribution in [3.8, 4) is 11.5 Å². The highest BCUT2D eigenvalue weighted by Crippen LogP contribution is 2.35. The van der Waals surface area contributed by atoms with Gasteiger partial charge in [-0.15, -0.1) is 6.58 Å². The van der Waals surface area contributed by atoms with Gasteiger partial charge in [0.15, 0.2) is 0 Å². The van der Waals surface area contributed by atoms with Crippen molar-refractivity contribution in [1.82, 2.24) is 4.90 Å². The normalized spacial score (nSPS) is 16.5. The van der Waals surface area contributed by atoms with Crippen molar-refractivity contribution >= 4 is 40.3 Å². The van der Waals surface area contributed by atoms with Gasteiger partial charge in [0.2, 0.25) is 0 Å². The number of ether oxygens (including phenoxy) is 2. The predicted molar refractivity (Wildman–Crippen MR) is 89.6 cm³/mol. The van der Waals surface area contributed by atoms with E-state index in [2.05, 4.69) is 6.58 Å². The van der Waals surface area contributed by atoms with Gasteiger partial charge in [-0.3, -0.25) is 9.69 Å². The molecule has 110 valence electrons. The number of hydrogen-bond acceptors (Lipinski definition) is 5. The fourth-order valence-electron chi connectivity index (χ4n) is 1.88. The fraction of sp³-hybridized carbons (Fsp3) is 0.200. The highest BCUT2D eigenvalue weighted by Gasteiger charge is 2.31. The number of benzene rings is 1. The Labute approximate surface area is 133 Å². The monoisotopic (exact) mass is 321 g/mol. The first-order valence-corrected chi connectivity index (χ1v) is 7.41. The molecule has 21 heavy (non-hydrogen) atoms. The highest BCUT2D eigenvalue weighted by atomic mass is 32.2. The summed E-state index contributed by atoms with van der Waals surface area (Å²) >= 11 is 6.48. The van der Waals surface area contributed by atoms with Gasteiger partial charge >= 0.3 is 0 Å². The van der Waals surface area contributed by atoms with E-state index in [0.29, 0.717) is 27.3 Å². The molecule has 0 bridgehead atoms. The van der Waals surface area contributed by atoms with Crippen LogP contribution < -0.4 is 9.47 Å². The number of carbonyl (C=O) groups is 1. The average molecular weight is 321 g/mol. The van der Waals surface area contributed by atoms with Crippen molar-refractivity contribution in [1.29, 1.82) is 0 Å². The van der Waals surface area contributed by atoms with Crippen molar-refractivity contribution in [2.45, 2.75) is 0 Å². The summed E-state index contributed by atoms with van der Waals surface area (Å²) in [6.45, 7) is 4.05. The summed E-state index contributed by atoms with van der Waals surface area (Å²) in [5.74, 6) is 1.25. The number of nitrogens with zero attached hydrogens (tertiary/aromatic N) is 1. The topological polar surface area (TPSA) is 38.8 Å². The Morgan fingerprint density at radius 1 is 1.38 bits per heavy atom. The molecule has 1 aliphatic heterocycles. The number of methoxy groups -OCH3 is 2. The van der Waals surface area contributed by atoms with E-state index in [1.165, 1.54) is 16.7 Å². The molecule has 0 atom stereocenters. The third-order valence-corrected chi connectivity index (χ3v) is 4.29. The standard InChI is InChI=1S/C15H15NO3S2/c1-4-7-16-14(17)13(21-15(16)20)9-10-8-11(18-2)5-6-12(10)19-3/h4-6,8-9H,1,7H2,2-3H3/b13-9-. The number of amides is 1. The van der Waals surface area contributed by atoms with Crippen molar-refractivity contribution < 1.29 is 14.3 Å². The van der Waals surface area contributed by atoms with Crippen LogP contribution in [0, 0.1) is 0 Å². The van der Waals surface area contributed by atoms with Gasteiger partial charge in [-0.2, -0.15) is 0 Å². The summed E-state index contributed by atoms with van der Waals surface area (Å²) in [7, 11) is 3.18. The van der Waals surface area contributed by atoms with Crippen LogP contribution in [0.3, 0.4) is 0 Å². The number of hydrogen-bond donors (Lipinski definition) is 0. The van der Waals surface area contributed by atoms with Crippen LogP contribution in [0.2, 0.25) is 0 Å². The number of thioether (sulfide) groups is 1. The molecule has 0 radical (unpaired) electrons. The van der Waals surface area contributed by atoms with Gasteiger partial charge in [0.1, 0.15) is 15.8 Å². The van der Waals surface area contributed by atoms with E-state index >= 15 is 0 Å². The minimum atomic E-state index is -0.116. The molecule has 2 rings (SSSR count). The molecule has 1 amide bonds. The molecule has 0 N–H and O–H groups in total. The summed E-state index contributed by atoms with van der Waals surface area (Å²) in [5.41, 5.74) is 0.774. The maximum absolute atomic E-state index is 12.3. The number of rotatable bonds is 5. The molecule has 1 aromatic carbocycles. The quantitative estimate of drug-likeness (QED) is 0.473. The third kappa shape index (κ3) is 3.28. The molecular weight excluding hydrogens is 306 g/mol. The lowest BCUT2D eigenvalue weighted by atomic mass is 10.1. The third-order valence-electron chi connectivity index (χ3n) is 2.91. The molecule has 4 nitrogen and oxygen atoms in total. The van der Waals surface area contributed by atoms with Gasteiger partial charge in [0, 0.05) is 12.1 Å². The molecule has 0 spiro atoms.